The third kappa shape index (κ3) is 2.92. The number of hydrogen-bond acceptors (Lipinski definition) is 2. The van der Waals surface area contributed by atoms with Crippen molar-refractivity contribution in [3.05, 3.63) is 27.8 Å². The molecule has 1 rings (SSSR count). The highest BCUT2D eigenvalue weighted by atomic mass is 35.5. The summed E-state index contributed by atoms with van der Waals surface area (Å²) >= 11 is 6.25. The molecule has 0 spiro atoms. The molecule has 0 radical (unpaired) electrons. The van der Waals surface area contributed by atoms with E-state index in [9.17, 15) is 0 Å². The number of halogens is 1. The van der Waals surface area contributed by atoms with Gasteiger partial charge in [0.15, 0.2) is 0 Å². The fourth-order valence-electron chi connectivity index (χ4n) is 1.84. The van der Waals surface area contributed by atoms with Gasteiger partial charge in [0, 0.05) is 10.6 Å². The quantitative estimate of drug-likeness (QED) is 0.812. The molecule has 0 aliphatic heterocycles. The summed E-state index contributed by atoms with van der Waals surface area (Å²) in [6.45, 7) is 7.76. The van der Waals surface area contributed by atoms with E-state index in [4.69, 9.17) is 21.6 Å². The molecular formula is C14H18ClNO. The number of methoxy groups -OCH3 is 1. The Morgan fingerprint density at radius 1 is 1.41 bits per heavy atom. The first kappa shape index (κ1) is 13.9. The van der Waals surface area contributed by atoms with Crippen LogP contribution in [-0.4, -0.2) is 7.11 Å². The molecular weight excluding hydrogens is 234 g/mol. The molecule has 0 aromatic heterocycles. The normalized spacial score (nSPS) is 11.1. The second kappa shape index (κ2) is 4.98. The summed E-state index contributed by atoms with van der Waals surface area (Å²) < 4.78 is 5.38. The van der Waals surface area contributed by atoms with Gasteiger partial charge in [0.05, 0.1) is 18.6 Å². The van der Waals surface area contributed by atoms with Crippen LogP contribution in [0.25, 0.3) is 0 Å². The van der Waals surface area contributed by atoms with Crippen molar-refractivity contribution in [2.45, 2.75) is 34.1 Å². The lowest BCUT2D eigenvalue weighted by atomic mass is 9.85. The third-order valence-corrected chi connectivity index (χ3v) is 3.50. The van der Waals surface area contributed by atoms with Gasteiger partial charge in [-0.1, -0.05) is 11.6 Å². The van der Waals surface area contributed by atoms with E-state index in [1.807, 2.05) is 33.8 Å². The second-order valence-corrected chi connectivity index (χ2v) is 5.36. The fourth-order valence-corrected chi connectivity index (χ4v) is 2.01. The Hall–Kier alpha value is -1.20. The fraction of sp³-hybridized carbons (Fsp3) is 0.500. The number of nitrogens with zero attached hydrogens (tertiary/aromatic N) is 1. The van der Waals surface area contributed by atoms with Crippen molar-refractivity contribution in [2.75, 3.05) is 7.11 Å². The van der Waals surface area contributed by atoms with Crippen molar-refractivity contribution in [1.29, 1.82) is 5.26 Å². The highest BCUT2D eigenvalue weighted by molar-refractivity contribution is 6.32. The molecule has 3 heteroatoms. The molecule has 1 aromatic carbocycles. The summed E-state index contributed by atoms with van der Waals surface area (Å²) in [5, 5.41) is 9.87. The number of rotatable bonds is 3. The molecule has 0 saturated carbocycles. The van der Waals surface area contributed by atoms with Gasteiger partial charge in [-0.2, -0.15) is 5.26 Å². The van der Waals surface area contributed by atoms with E-state index in [0.29, 0.717) is 6.42 Å². The van der Waals surface area contributed by atoms with Crippen LogP contribution in [0.3, 0.4) is 0 Å². The average molecular weight is 252 g/mol. The molecule has 0 fully saturated rings. The summed E-state index contributed by atoms with van der Waals surface area (Å²) in [5.74, 6) is 0.813. The largest absolute Gasteiger partial charge is 0.496 e. The Kier molecular flexibility index (Phi) is 4.06. The van der Waals surface area contributed by atoms with Crippen LogP contribution in [0.1, 0.15) is 30.5 Å². The molecule has 0 atom stereocenters. The predicted molar refractivity (Wildman–Crippen MR) is 70.6 cm³/mol. The molecule has 0 saturated heterocycles. The highest BCUT2D eigenvalue weighted by Crippen LogP contribution is 2.35. The smallest absolute Gasteiger partial charge is 0.122 e. The molecule has 0 amide bonds. The van der Waals surface area contributed by atoms with Gasteiger partial charge < -0.3 is 4.74 Å². The number of aryl methyl sites for hydroxylation is 1. The first-order valence-corrected chi connectivity index (χ1v) is 5.94. The maximum atomic E-state index is 9.11. The van der Waals surface area contributed by atoms with Crippen molar-refractivity contribution >= 4 is 11.6 Å². The molecule has 0 heterocycles. The van der Waals surface area contributed by atoms with Gasteiger partial charge in [0.2, 0.25) is 0 Å². The van der Waals surface area contributed by atoms with Crippen LogP contribution in [0.2, 0.25) is 5.02 Å². The summed E-state index contributed by atoms with van der Waals surface area (Å²) in [4.78, 5) is 0. The van der Waals surface area contributed by atoms with Gasteiger partial charge in [-0.3, -0.25) is 0 Å². The third-order valence-electron chi connectivity index (χ3n) is 2.91. The van der Waals surface area contributed by atoms with Gasteiger partial charge in [0.1, 0.15) is 5.75 Å². The van der Waals surface area contributed by atoms with Crippen molar-refractivity contribution in [2.24, 2.45) is 5.41 Å². The van der Waals surface area contributed by atoms with Crippen molar-refractivity contribution < 1.29 is 4.74 Å². The molecule has 0 unspecified atom stereocenters. The van der Waals surface area contributed by atoms with Crippen LogP contribution < -0.4 is 4.74 Å². The minimum absolute atomic E-state index is 0.420. The van der Waals surface area contributed by atoms with Crippen LogP contribution >= 0.6 is 11.6 Å². The molecule has 0 bridgehead atoms. The number of nitriles is 1. The Bertz CT molecular complexity index is 472. The van der Waals surface area contributed by atoms with Gasteiger partial charge in [-0.05, 0) is 51.3 Å². The van der Waals surface area contributed by atoms with Crippen molar-refractivity contribution in [3.63, 3.8) is 0 Å². The number of ether oxygens (including phenoxy) is 1. The highest BCUT2D eigenvalue weighted by Gasteiger charge is 2.22. The maximum absolute atomic E-state index is 9.11. The molecule has 0 aliphatic carbocycles. The van der Waals surface area contributed by atoms with Crippen LogP contribution in [0.15, 0.2) is 6.07 Å². The van der Waals surface area contributed by atoms with E-state index in [1.54, 1.807) is 7.11 Å². The Morgan fingerprint density at radius 3 is 2.47 bits per heavy atom. The van der Waals surface area contributed by atoms with Crippen LogP contribution in [0, 0.1) is 30.6 Å². The lowest BCUT2D eigenvalue weighted by molar-refractivity contribution is 0.398. The standard InChI is InChI=1S/C14H18ClNO/c1-9-6-12(17-5)11(10(2)13(9)15)7-14(3,4)8-16/h6H,7H2,1-5H3. The van der Waals surface area contributed by atoms with Crippen molar-refractivity contribution in [3.8, 4) is 11.8 Å². The summed E-state index contributed by atoms with van der Waals surface area (Å²) in [6, 6.07) is 4.23. The topological polar surface area (TPSA) is 33.0 Å². The zero-order valence-electron chi connectivity index (χ0n) is 11.0. The number of benzene rings is 1. The van der Waals surface area contributed by atoms with Crippen LogP contribution in [0.4, 0.5) is 0 Å². The predicted octanol–water partition coefficient (Wildman–Crippen LogP) is 4.06. The van der Waals surface area contributed by atoms with E-state index in [0.717, 1.165) is 27.5 Å². The first-order chi connectivity index (χ1) is 7.82. The monoisotopic (exact) mass is 251 g/mol. The summed E-state index contributed by atoms with van der Waals surface area (Å²) in [7, 11) is 1.64. The SMILES string of the molecule is COc1cc(C)c(Cl)c(C)c1CC(C)(C)C#N. The zero-order valence-corrected chi connectivity index (χ0v) is 11.8. The lowest BCUT2D eigenvalue weighted by Crippen LogP contribution is -2.14. The minimum atomic E-state index is -0.420. The molecule has 2 nitrogen and oxygen atoms in total. The maximum Gasteiger partial charge on any atom is 0.122 e. The Labute approximate surface area is 108 Å². The first-order valence-electron chi connectivity index (χ1n) is 5.56. The van der Waals surface area contributed by atoms with Crippen LogP contribution in [-0.2, 0) is 6.42 Å². The molecule has 0 N–H and O–H groups in total. The summed E-state index contributed by atoms with van der Waals surface area (Å²) in [6.07, 6.45) is 0.637. The zero-order chi connectivity index (χ0) is 13.2. The second-order valence-electron chi connectivity index (χ2n) is 4.99. The van der Waals surface area contributed by atoms with E-state index in [-0.39, 0.29) is 0 Å². The average Bonchev–Trinajstić information content (AvgIpc) is 2.29. The van der Waals surface area contributed by atoms with E-state index in [1.165, 1.54) is 0 Å². The lowest BCUT2D eigenvalue weighted by Gasteiger charge is -2.21. The minimum Gasteiger partial charge on any atom is -0.496 e. The Balaban J connectivity index is 3.33. The molecule has 0 aliphatic rings. The van der Waals surface area contributed by atoms with Gasteiger partial charge >= 0.3 is 0 Å². The Morgan fingerprint density at radius 2 is 2.00 bits per heavy atom. The van der Waals surface area contributed by atoms with E-state index in [2.05, 4.69) is 6.07 Å². The van der Waals surface area contributed by atoms with Gasteiger partial charge in [0.25, 0.3) is 0 Å². The van der Waals surface area contributed by atoms with E-state index < -0.39 is 5.41 Å². The number of hydrogen-bond donors (Lipinski definition) is 0. The molecule has 92 valence electrons. The molecule has 17 heavy (non-hydrogen) atoms. The van der Waals surface area contributed by atoms with Gasteiger partial charge in [-0.15, -0.1) is 0 Å². The van der Waals surface area contributed by atoms with Crippen LogP contribution in [0.5, 0.6) is 5.75 Å². The van der Waals surface area contributed by atoms with Gasteiger partial charge in [-0.25, -0.2) is 0 Å². The summed E-state index contributed by atoms with van der Waals surface area (Å²) in [5.41, 5.74) is 2.61. The molecule has 1 aromatic rings. The van der Waals surface area contributed by atoms with Crippen molar-refractivity contribution in [1.82, 2.24) is 0 Å². The van der Waals surface area contributed by atoms with E-state index >= 15 is 0 Å².